The van der Waals surface area contributed by atoms with Crippen molar-refractivity contribution in [3.63, 3.8) is 0 Å². The highest BCUT2D eigenvalue weighted by Gasteiger charge is 2.17. The zero-order valence-electron chi connectivity index (χ0n) is 12.8. The van der Waals surface area contributed by atoms with Gasteiger partial charge in [-0.1, -0.05) is 29.5 Å². The number of nitrogens with two attached hydrogens (primary N) is 2. The summed E-state index contributed by atoms with van der Waals surface area (Å²) in [4.78, 5) is 20.4. The first-order valence-corrected chi connectivity index (χ1v) is 7.68. The lowest BCUT2D eigenvalue weighted by Crippen LogP contribution is -2.23. The number of rotatable bonds is 4. The van der Waals surface area contributed by atoms with Gasteiger partial charge in [-0.05, 0) is 32.4 Å². The number of amides is 1. The highest BCUT2D eigenvalue weighted by Crippen LogP contribution is 2.23. The number of aryl methyl sites for hydroxylation is 2. The molecule has 0 saturated carbocycles. The van der Waals surface area contributed by atoms with Gasteiger partial charge in [-0.2, -0.15) is 0 Å². The number of nitrogens with zero attached hydrogens (tertiary/aromatic N) is 2. The maximum atomic E-state index is 12.3. The number of thioether (sulfide) groups is 1. The predicted molar refractivity (Wildman–Crippen MR) is 90.7 cm³/mol. The van der Waals surface area contributed by atoms with Crippen molar-refractivity contribution in [2.24, 2.45) is 0 Å². The third-order valence-electron chi connectivity index (χ3n) is 3.04. The van der Waals surface area contributed by atoms with Gasteiger partial charge in [0, 0.05) is 11.8 Å². The Bertz CT molecular complexity index is 684. The molecule has 0 spiro atoms. The Kier molecular flexibility index (Phi) is 4.87. The van der Waals surface area contributed by atoms with Gasteiger partial charge < -0.3 is 16.8 Å². The molecule has 0 aliphatic carbocycles. The molecule has 0 radical (unpaired) electrons. The largest absolute Gasteiger partial charge is 0.383 e. The second-order valence-electron chi connectivity index (χ2n) is 5.07. The quantitative estimate of drug-likeness (QED) is 0.590. The number of aromatic nitrogens is 2. The van der Waals surface area contributed by atoms with Crippen molar-refractivity contribution in [3.8, 4) is 0 Å². The topological polar surface area (TPSA) is 107 Å². The Morgan fingerprint density at radius 1 is 1.18 bits per heavy atom. The third kappa shape index (κ3) is 4.11. The summed E-state index contributed by atoms with van der Waals surface area (Å²) < 4.78 is 0. The van der Waals surface area contributed by atoms with E-state index in [-0.39, 0.29) is 22.8 Å². The molecule has 0 unspecified atom stereocenters. The fraction of sp³-hybridized carbons (Fsp3) is 0.267. The summed E-state index contributed by atoms with van der Waals surface area (Å²) in [5.41, 5.74) is 14.2. The van der Waals surface area contributed by atoms with E-state index in [0.29, 0.717) is 5.16 Å². The molecule has 1 aromatic carbocycles. The molecular formula is C15H19N5OS. The first-order chi connectivity index (χ1) is 10.3. The highest BCUT2D eigenvalue weighted by molar-refractivity contribution is 8.00. The summed E-state index contributed by atoms with van der Waals surface area (Å²) in [6, 6.07) is 7.36. The van der Waals surface area contributed by atoms with Gasteiger partial charge in [0.2, 0.25) is 5.91 Å². The summed E-state index contributed by atoms with van der Waals surface area (Å²) in [5.74, 6) is 0.454. The standard InChI is InChI=1S/C15H19N5OS/c1-8-4-5-11(9(2)6-8)18-14(21)10(3)22-15-19-12(16)7-13(17)20-15/h4-7,10H,1-3H3,(H,18,21)(H4,16,17,19,20)/t10-/m1/s1. The second-order valence-corrected chi connectivity index (χ2v) is 6.38. The molecule has 0 aliphatic heterocycles. The average Bonchev–Trinajstić information content (AvgIpc) is 2.40. The van der Waals surface area contributed by atoms with Crippen LogP contribution in [0, 0.1) is 13.8 Å². The lowest BCUT2D eigenvalue weighted by atomic mass is 10.1. The zero-order chi connectivity index (χ0) is 16.3. The van der Waals surface area contributed by atoms with Crippen LogP contribution in [0.1, 0.15) is 18.1 Å². The van der Waals surface area contributed by atoms with Crippen LogP contribution in [0.15, 0.2) is 29.4 Å². The lowest BCUT2D eigenvalue weighted by Gasteiger charge is -2.13. The molecule has 7 heteroatoms. The van der Waals surface area contributed by atoms with E-state index in [2.05, 4.69) is 15.3 Å². The SMILES string of the molecule is Cc1ccc(NC(=O)[C@@H](C)Sc2nc(N)cc(N)n2)c(C)c1. The molecule has 2 aromatic rings. The second kappa shape index (κ2) is 6.65. The number of carbonyl (C=O) groups is 1. The molecule has 1 heterocycles. The molecule has 1 atom stereocenters. The normalized spacial score (nSPS) is 12.0. The summed E-state index contributed by atoms with van der Waals surface area (Å²) in [6.45, 7) is 5.76. The zero-order valence-corrected chi connectivity index (χ0v) is 13.6. The van der Waals surface area contributed by atoms with Gasteiger partial charge in [-0.25, -0.2) is 9.97 Å². The van der Waals surface area contributed by atoms with Crippen LogP contribution in [0.25, 0.3) is 0 Å². The number of anilines is 3. The van der Waals surface area contributed by atoms with Crippen molar-refractivity contribution in [1.82, 2.24) is 9.97 Å². The van der Waals surface area contributed by atoms with E-state index in [1.807, 2.05) is 32.0 Å². The Morgan fingerprint density at radius 2 is 1.82 bits per heavy atom. The molecule has 0 aliphatic rings. The molecule has 1 amide bonds. The first kappa shape index (κ1) is 16.1. The lowest BCUT2D eigenvalue weighted by molar-refractivity contribution is -0.115. The van der Waals surface area contributed by atoms with Crippen LogP contribution >= 0.6 is 11.8 Å². The van der Waals surface area contributed by atoms with Crippen molar-refractivity contribution >= 4 is 35.0 Å². The number of hydrogen-bond donors (Lipinski definition) is 3. The maximum absolute atomic E-state index is 12.3. The van der Waals surface area contributed by atoms with Crippen LogP contribution < -0.4 is 16.8 Å². The van der Waals surface area contributed by atoms with Gasteiger partial charge in [-0.3, -0.25) is 4.79 Å². The minimum atomic E-state index is -0.373. The molecule has 116 valence electrons. The monoisotopic (exact) mass is 317 g/mol. The van der Waals surface area contributed by atoms with Crippen LogP contribution in [-0.4, -0.2) is 21.1 Å². The van der Waals surface area contributed by atoms with Crippen molar-refractivity contribution in [2.75, 3.05) is 16.8 Å². The predicted octanol–water partition coefficient (Wildman–Crippen LogP) is 2.38. The van der Waals surface area contributed by atoms with Crippen LogP contribution in [-0.2, 0) is 4.79 Å². The number of nitrogen functional groups attached to an aromatic ring is 2. The summed E-state index contributed by atoms with van der Waals surface area (Å²) in [7, 11) is 0. The van der Waals surface area contributed by atoms with E-state index in [1.54, 1.807) is 6.92 Å². The fourth-order valence-corrected chi connectivity index (χ4v) is 2.71. The molecule has 0 fully saturated rings. The van der Waals surface area contributed by atoms with Crippen molar-refractivity contribution < 1.29 is 4.79 Å². The van der Waals surface area contributed by atoms with E-state index in [4.69, 9.17) is 11.5 Å². The minimum absolute atomic E-state index is 0.124. The van der Waals surface area contributed by atoms with E-state index in [9.17, 15) is 4.79 Å². The number of hydrogen-bond acceptors (Lipinski definition) is 6. The van der Waals surface area contributed by atoms with Crippen LogP contribution in [0.4, 0.5) is 17.3 Å². The Hall–Kier alpha value is -2.28. The van der Waals surface area contributed by atoms with Crippen LogP contribution in [0.5, 0.6) is 0 Å². The fourth-order valence-electron chi connectivity index (χ4n) is 1.91. The third-order valence-corrected chi connectivity index (χ3v) is 4.00. The highest BCUT2D eigenvalue weighted by atomic mass is 32.2. The van der Waals surface area contributed by atoms with Gasteiger partial charge in [0.25, 0.3) is 0 Å². The van der Waals surface area contributed by atoms with Gasteiger partial charge in [0.05, 0.1) is 5.25 Å². The summed E-state index contributed by atoms with van der Waals surface area (Å²) in [5, 5.41) is 2.93. The van der Waals surface area contributed by atoms with E-state index >= 15 is 0 Å². The van der Waals surface area contributed by atoms with Gasteiger partial charge in [0.15, 0.2) is 5.16 Å². The molecule has 0 bridgehead atoms. The molecule has 22 heavy (non-hydrogen) atoms. The van der Waals surface area contributed by atoms with E-state index < -0.39 is 0 Å². The van der Waals surface area contributed by atoms with Crippen molar-refractivity contribution in [3.05, 3.63) is 35.4 Å². The van der Waals surface area contributed by atoms with Crippen LogP contribution in [0.2, 0.25) is 0 Å². The smallest absolute Gasteiger partial charge is 0.237 e. The van der Waals surface area contributed by atoms with Crippen molar-refractivity contribution in [2.45, 2.75) is 31.2 Å². The number of carbonyl (C=O) groups excluding carboxylic acids is 1. The first-order valence-electron chi connectivity index (χ1n) is 6.80. The molecule has 1 aromatic heterocycles. The molecule has 5 N–H and O–H groups in total. The Labute approximate surface area is 133 Å². The summed E-state index contributed by atoms with van der Waals surface area (Å²) >= 11 is 1.21. The number of nitrogens with one attached hydrogen (secondary N) is 1. The van der Waals surface area contributed by atoms with Gasteiger partial charge >= 0.3 is 0 Å². The van der Waals surface area contributed by atoms with Gasteiger partial charge in [0.1, 0.15) is 11.6 Å². The molecule has 2 rings (SSSR count). The average molecular weight is 317 g/mol. The van der Waals surface area contributed by atoms with E-state index in [0.717, 1.165) is 16.8 Å². The molecular weight excluding hydrogens is 298 g/mol. The number of benzene rings is 1. The maximum Gasteiger partial charge on any atom is 0.237 e. The Morgan fingerprint density at radius 3 is 2.41 bits per heavy atom. The van der Waals surface area contributed by atoms with Crippen molar-refractivity contribution in [1.29, 1.82) is 0 Å². The Balaban J connectivity index is 2.05. The van der Waals surface area contributed by atoms with E-state index in [1.165, 1.54) is 17.8 Å². The van der Waals surface area contributed by atoms with Gasteiger partial charge in [-0.15, -0.1) is 0 Å². The molecule has 6 nitrogen and oxygen atoms in total. The summed E-state index contributed by atoms with van der Waals surface area (Å²) in [6.07, 6.45) is 0. The molecule has 0 saturated heterocycles. The van der Waals surface area contributed by atoms with Crippen LogP contribution in [0.3, 0.4) is 0 Å². The minimum Gasteiger partial charge on any atom is -0.383 e.